The van der Waals surface area contributed by atoms with Crippen molar-refractivity contribution in [3.8, 4) is 33.6 Å². The SMILES string of the molecule is [2H]c1c([2H])c([2H])c(-c2c3ccccc3c(-c3cccc4oc(-c5ccccc5)cc34)c3ccccc23)c([2H])c1[2H]. The minimum atomic E-state index is -0.398. The van der Waals surface area contributed by atoms with Crippen molar-refractivity contribution >= 4 is 32.5 Å². The Morgan fingerprint density at radius 2 is 1.09 bits per heavy atom. The monoisotopic (exact) mass is 451 g/mol. The molecule has 0 aliphatic carbocycles. The number of hydrogen-bond acceptors (Lipinski definition) is 1. The van der Waals surface area contributed by atoms with Gasteiger partial charge in [-0.1, -0.05) is 121 Å². The predicted molar refractivity (Wildman–Crippen MR) is 148 cm³/mol. The smallest absolute Gasteiger partial charge is 0.135 e. The molecule has 7 rings (SSSR count). The second kappa shape index (κ2) is 8.00. The maximum Gasteiger partial charge on any atom is 0.135 e. The van der Waals surface area contributed by atoms with E-state index in [-0.39, 0.29) is 29.7 Å². The summed E-state index contributed by atoms with van der Waals surface area (Å²) in [6.07, 6.45) is 0. The van der Waals surface area contributed by atoms with E-state index in [4.69, 9.17) is 11.3 Å². The molecule has 0 amide bonds. The van der Waals surface area contributed by atoms with Gasteiger partial charge in [0.25, 0.3) is 0 Å². The van der Waals surface area contributed by atoms with Crippen LogP contribution >= 0.6 is 0 Å². The summed E-state index contributed by atoms with van der Waals surface area (Å²) in [6, 6.07) is 32.4. The highest BCUT2D eigenvalue weighted by Gasteiger charge is 2.19. The van der Waals surface area contributed by atoms with E-state index in [2.05, 4.69) is 12.1 Å². The van der Waals surface area contributed by atoms with E-state index < -0.39 is 6.04 Å². The Morgan fingerprint density at radius 1 is 0.486 bits per heavy atom. The molecule has 0 atom stereocenters. The predicted octanol–water partition coefficient (Wildman–Crippen LogP) is 9.74. The molecule has 7 aromatic rings. The lowest BCUT2D eigenvalue weighted by molar-refractivity contribution is 0.631. The maximum atomic E-state index is 8.75. The molecule has 0 spiro atoms. The molecule has 0 bridgehead atoms. The summed E-state index contributed by atoms with van der Waals surface area (Å²) in [4.78, 5) is 0. The third-order valence-corrected chi connectivity index (χ3v) is 6.57. The molecule has 164 valence electrons. The van der Waals surface area contributed by atoms with E-state index in [9.17, 15) is 0 Å². The molecule has 0 radical (unpaired) electrons. The van der Waals surface area contributed by atoms with Crippen LogP contribution in [0, 0.1) is 0 Å². The lowest BCUT2D eigenvalue weighted by Crippen LogP contribution is -1.90. The van der Waals surface area contributed by atoms with Gasteiger partial charge in [0.1, 0.15) is 11.3 Å². The Labute approximate surface area is 210 Å². The highest BCUT2D eigenvalue weighted by atomic mass is 16.3. The van der Waals surface area contributed by atoms with Gasteiger partial charge in [0.05, 0.1) is 6.85 Å². The molecule has 35 heavy (non-hydrogen) atoms. The van der Waals surface area contributed by atoms with Crippen molar-refractivity contribution in [2.75, 3.05) is 0 Å². The van der Waals surface area contributed by atoms with Crippen LogP contribution in [0.1, 0.15) is 6.85 Å². The summed E-state index contributed by atoms with van der Waals surface area (Å²) in [5, 5.41) is 4.47. The van der Waals surface area contributed by atoms with Gasteiger partial charge in [-0.2, -0.15) is 0 Å². The Kier molecular flexibility index (Phi) is 3.50. The molecule has 0 N–H and O–H groups in total. The number of benzene rings is 6. The topological polar surface area (TPSA) is 13.1 Å². The molecule has 0 aliphatic heterocycles. The van der Waals surface area contributed by atoms with Crippen molar-refractivity contribution in [3.05, 3.63) is 133 Å². The summed E-state index contributed by atoms with van der Waals surface area (Å²) in [5.74, 6) is 0.785. The number of furan rings is 1. The van der Waals surface area contributed by atoms with E-state index in [1.807, 2.05) is 91.0 Å². The zero-order valence-electron chi connectivity index (χ0n) is 23.7. The summed E-state index contributed by atoms with van der Waals surface area (Å²) >= 11 is 0. The molecule has 6 aromatic carbocycles. The first-order valence-electron chi connectivity index (χ1n) is 14.0. The van der Waals surface area contributed by atoms with Crippen molar-refractivity contribution < 1.29 is 11.3 Å². The molecular formula is C34H22O. The molecule has 1 nitrogen and oxygen atoms in total. The maximum absolute atomic E-state index is 8.75. The van der Waals surface area contributed by atoms with Gasteiger partial charge in [-0.15, -0.1) is 0 Å². The molecule has 1 heterocycles. The fourth-order valence-electron chi connectivity index (χ4n) is 5.09. The Balaban J connectivity index is 1.62. The number of hydrogen-bond donors (Lipinski definition) is 0. The van der Waals surface area contributed by atoms with Crippen LogP contribution in [0.3, 0.4) is 0 Å². The molecule has 0 fully saturated rings. The minimum Gasteiger partial charge on any atom is -0.456 e. The van der Waals surface area contributed by atoms with Crippen LogP contribution in [0.25, 0.3) is 66.1 Å². The van der Waals surface area contributed by atoms with Crippen LogP contribution in [-0.4, -0.2) is 0 Å². The van der Waals surface area contributed by atoms with Crippen LogP contribution in [-0.2, 0) is 0 Å². The van der Waals surface area contributed by atoms with Gasteiger partial charge < -0.3 is 4.42 Å². The Bertz CT molecular complexity index is 2030. The molecule has 0 unspecified atom stereocenters. The lowest BCUT2D eigenvalue weighted by Gasteiger charge is -2.18. The summed E-state index contributed by atoms with van der Waals surface area (Å²) in [7, 11) is 0. The van der Waals surface area contributed by atoms with E-state index in [1.165, 1.54) is 0 Å². The molecular weight excluding hydrogens is 424 g/mol. The lowest BCUT2D eigenvalue weighted by atomic mass is 9.85. The van der Waals surface area contributed by atoms with E-state index in [1.54, 1.807) is 0 Å². The summed E-state index contributed by atoms with van der Waals surface area (Å²) in [5.41, 5.74) is 4.63. The molecule has 0 saturated heterocycles. The molecule has 0 saturated carbocycles. The van der Waals surface area contributed by atoms with Crippen molar-refractivity contribution in [3.63, 3.8) is 0 Å². The van der Waals surface area contributed by atoms with Crippen LogP contribution in [0.2, 0.25) is 0 Å². The molecule has 1 heteroatoms. The van der Waals surface area contributed by atoms with Crippen molar-refractivity contribution in [1.29, 1.82) is 0 Å². The average molecular weight is 452 g/mol. The van der Waals surface area contributed by atoms with E-state index >= 15 is 0 Å². The first kappa shape index (κ1) is 15.3. The van der Waals surface area contributed by atoms with Crippen LogP contribution in [0.15, 0.2) is 138 Å². The van der Waals surface area contributed by atoms with Gasteiger partial charge in [-0.3, -0.25) is 0 Å². The van der Waals surface area contributed by atoms with Crippen molar-refractivity contribution in [2.24, 2.45) is 0 Å². The van der Waals surface area contributed by atoms with Gasteiger partial charge >= 0.3 is 0 Å². The number of fused-ring (bicyclic) bond motifs is 3. The Morgan fingerprint density at radius 3 is 1.74 bits per heavy atom. The van der Waals surface area contributed by atoms with Gasteiger partial charge in [0.15, 0.2) is 0 Å². The Hall–Kier alpha value is -4.62. The standard InChI is InChI=1S/C34H22O/c1-3-12-23(13-4-1)32-22-30-29(20-11-21-31(30)35-32)34-27-18-9-7-16-25(27)33(24-14-5-2-6-15-24)26-17-8-10-19-28(26)34/h1-22H/i2D,5D,6D,14D,15D. The van der Waals surface area contributed by atoms with Gasteiger partial charge in [-0.25, -0.2) is 0 Å². The van der Waals surface area contributed by atoms with Gasteiger partial charge in [0, 0.05) is 10.9 Å². The van der Waals surface area contributed by atoms with Crippen molar-refractivity contribution in [1.82, 2.24) is 0 Å². The highest BCUT2D eigenvalue weighted by molar-refractivity contribution is 6.23. The quantitative estimate of drug-likeness (QED) is 0.244. The molecule has 0 aliphatic rings. The second-order valence-corrected chi connectivity index (χ2v) is 8.54. The first-order chi connectivity index (χ1) is 19.5. The third-order valence-electron chi connectivity index (χ3n) is 6.57. The number of rotatable bonds is 3. The first-order valence-corrected chi connectivity index (χ1v) is 11.5. The van der Waals surface area contributed by atoms with Crippen molar-refractivity contribution in [2.45, 2.75) is 0 Å². The highest BCUT2D eigenvalue weighted by Crippen LogP contribution is 2.45. The van der Waals surface area contributed by atoms with Crippen LogP contribution in [0.4, 0.5) is 0 Å². The summed E-state index contributed by atoms with van der Waals surface area (Å²) in [6.45, 7) is 0. The zero-order chi connectivity index (χ0) is 27.5. The van der Waals surface area contributed by atoms with Gasteiger partial charge in [-0.05, 0) is 55.9 Å². The molecule has 1 aromatic heterocycles. The fraction of sp³-hybridized carbons (Fsp3) is 0. The van der Waals surface area contributed by atoms with Gasteiger partial charge in [0.2, 0.25) is 0 Å². The average Bonchev–Trinajstić information content (AvgIpc) is 3.44. The van der Waals surface area contributed by atoms with Crippen LogP contribution < -0.4 is 0 Å². The van der Waals surface area contributed by atoms with E-state index in [0.717, 1.165) is 55.0 Å². The third kappa shape index (κ3) is 3.17. The second-order valence-electron chi connectivity index (χ2n) is 8.54. The largest absolute Gasteiger partial charge is 0.456 e. The normalized spacial score (nSPS) is 13.4. The minimum absolute atomic E-state index is 0.206. The summed E-state index contributed by atoms with van der Waals surface area (Å²) < 4.78 is 48.5. The van der Waals surface area contributed by atoms with Crippen LogP contribution in [0.5, 0.6) is 0 Å². The zero-order valence-corrected chi connectivity index (χ0v) is 18.7. The van der Waals surface area contributed by atoms with E-state index in [0.29, 0.717) is 5.56 Å². The fourth-order valence-corrected chi connectivity index (χ4v) is 5.09.